The summed E-state index contributed by atoms with van der Waals surface area (Å²) < 4.78 is 5.59. The first-order chi connectivity index (χ1) is 8.49. The predicted molar refractivity (Wildman–Crippen MR) is 70.3 cm³/mol. The third kappa shape index (κ3) is 2.48. The maximum absolute atomic E-state index is 11.6. The molecule has 2 rings (SSSR count). The second kappa shape index (κ2) is 4.98. The van der Waals surface area contributed by atoms with Crippen molar-refractivity contribution in [3.05, 3.63) is 29.8 Å². The van der Waals surface area contributed by atoms with Crippen molar-refractivity contribution in [2.75, 3.05) is 7.05 Å². The van der Waals surface area contributed by atoms with E-state index >= 15 is 0 Å². The molecule has 0 radical (unpaired) electrons. The standard InChI is InChI=1S/C14H20N2O2/c1-9(2)18-11-6-4-10(5-7-11)14-12(15)8-13(17)16(14)3/h4-7,9,12,14H,8,15H2,1-3H3. The van der Waals surface area contributed by atoms with E-state index in [9.17, 15) is 4.79 Å². The van der Waals surface area contributed by atoms with Crippen LogP contribution in [0.25, 0.3) is 0 Å². The minimum atomic E-state index is -0.126. The van der Waals surface area contributed by atoms with E-state index in [1.807, 2.05) is 38.1 Å². The third-order valence-electron chi connectivity index (χ3n) is 3.22. The van der Waals surface area contributed by atoms with E-state index in [1.165, 1.54) is 0 Å². The Hall–Kier alpha value is -1.55. The zero-order valence-corrected chi connectivity index (χ0v) is 11.1. The van der Waals surface area contributed by atoms with Crippen molar-refractivity contribution in [1.82, 2.24) is 4.90 Å². The van der Waals surface area contributed by atoms with Gasteiger partial charge in [-0.25, -0.2) is 0 Å². The third-order valence-corrected chi connectivity index (χ3v) is 3.22. The van der Waals surface area contributed by atoms with Crippen LogP contribution in [-0.4, -0.2) is 30.0 Å². The van der Waals surface area contributed by atoms with E-state index in [4.69, 9.17) is 10.5 Å². The first-order valence-corrected chi connectivity index (χ1v) is 6.27. The second-order valence-corrected chi connectivity index (χ2v) is 5.05. The topological polar surface area (TPSA) is 55.6 Å². The maximum atomic E-state index is 11.6. The monoisotopic (exact) mass is 248 g/mol. The number of likely N-dealkylation sites (tertiary alicyclic amines) is 1. The first-order valence-electron chi connectivity index (χ1n) is 6.27. The fraction of sp³-hybridized carbons (Fsp3) is 0.500. The molecule has 4 nitrogen and oxygen atoms in total. The lowest BCUT2D eigenvalue weighted by Gasteiger charge is -2.23. The minimum absolute atomic E-state index is 0.0226. The summed E-state index contributed by atoms with van der Waals surface area (Å²) in [6, 6.07) is 7.68. The molecule has 2 unspecified atom stereocenters. The molecule has 1 aromatic carbocycles. The average Bonchev–Trinajstić information content (AvgIpc) is 2.54. The van der Waals surface area contributed by atoms with Gasteiger partial charge >= 0.3 is 0 Å². The predicted octanol–water partition coefficient (Wildman–Crippen LogP) is 1.70. The van der Waals surface area contributed by atoms with Crippen LogP contribution in [0.4, 0.5) is 0 Å². The largest absolute Gasteiger partial charge is 0.491 e. The molecule has 1 aliphatic rings. The first kappa shape index (κ1) is 12.9. The molecule has 0 aliphatic carbocycles. The van der Waals surface area contributed by atoms with Crippen LogP contribution in [-0.2, 0) is 4.79 Å². The Kier molecular flexibility index (Phi) is 3.57. The summed E-state index contributed by atoms with van der Waals surface area (Å²) in [5.41, 5.74) is 7.08. The van der Waals surface area contributed by atoms with Crippen LogP contribution in [0.3, 0.4) is 0 Å². The van der Waals surface area contributed by atoms with Crippen molar-refractivity contribution in [2.24, 2.45) is 5.73 Å². The van der Waals surface area contributed by atoms with E-state index in [-0.39, 0.29) is 24.1 Å². The van der Waals surface area contributed by atoms with Crippen LogP contribution < -0.4 is 10.5 Å². The molecule has 98 valence electrons. The highest BCUT2D eigenvalue weighted by atomic mass is 16.5. The molecule has 0 saturated carbocycles. The average molecular weight is 248 g/mol. The van der Waals surface area contributed by atoms with Gasteiger partial charge in [-0.1, -0.05) is 12.1 Å². The van der Waals surface area contributed by atoms with E-state index in [1.54, 1.807) is 11.9 Å². The molecule has 0 spiro atoms. The Labute approximate surface area is 108 Å². The zero-order valence-electron chi connectivity index (χ0n) is 11.1. The van der Waals surface area contributed by atoms with Gasteiger partial charge < -0.3 is 15.4 Å². The molecule has 1 saturated heterocycles. The van der Waals surface area contributed by atoms with Gasteiger partial charge in [0.2, 0.25) is 5.91 Å². The van der Waals surface area contributed by atoms with E-state index < -0.39 is 0 Å². The lowest BCUT2D eigenvalue weighted by Crippen LogP contribution is -2.30. The molecule has 0 aromatic heterocycles. The highest BCUT2D eigenvalue weighted by Gasteiger charge is 2.35. The van der Waals surface area contributed by atoms with Gasteiger partial charge in [-0.15, -0.1) is 0 Å². The van der Waals surface area contributed by atoms with Crippen molar-refractivity contribution >= 4 is 5.91 Å². The molecule has 1 heterocycles. The van der Waals surface area contributed by atoms with E-state index in [0.29, 0.717) is 6.42 Å². The SMILES string of the molecule is CC(C)Oc1ccc(C2C(N)CC(=O)N2C)cc1. The summed E-state index contributed by atoms with van der Waals surface area (Å²) in [6.07, 6.45) is 0.583. The van der Waals surface area contributed by atoms with Crippen LogP contribution in [0.2, 0.25) is 0 Å². The Bertz CT molecular complexity index is 428. The number of nitrogens with two attached hydrogens (primary N) is 1. The maximum Gasteiger partial charge on any atom is 0.224 e. The summed E-state index contributed by atoms with van der Waals surface area (Å²) in [5, 5.41) is 0. The molecule has 1 fully saturated rings. The zero-order chi connectivity index (χ0) is 13.3. The van der Waals surface area contributed by atoms with Crippen LogP contribution in [0.1, 0.15) is 31.9 Å². The molecule has 4 heteroatoms. The minimum Gasteiger partial charge on any atom is -0.491 e. The second-order valence-electron chi connectivity index (χ2n) is 5.05. The van der Waals surface area contributed by atoms with Crippen molar-refractivity contribution in [2.45, 2.75) is 38.5 Å². The molecular weight excluding hydrogens is 228 g/mol. The number of carbonyl (C=O) groups excluding carboxylic acids is 1. The molecule has 2 atom stereocenters. The Morgan fingerprint density at radius 3 is 2.39 bits per heavy atom. The van der Waals surface area contributed by atoms with Crippen molar-refractivity contribution in [3.8, 4) is 5.75 Å². The van der Waals surface area contributed by atoms with Gasteiger partial charge in [0, 0.05) is 19.5 Å². The number of likely N-dealkylation sites (N-methyl/N-ethyl adjacent to an activating group) is 1. The summed E-state index contributed by atoms with van der Waals surface area (Å²) in [4.78, 5) is 13.3. The number of rotatable bonds is 3. The summed E-state index contributed by atoms with van der Waals surface area (Å²) in [7, 11) is 1.80. The molecule has 2 N–H and O–H groups in total. The number of benzene rings is 1. The summed E-state index contributed by atoms with van der Waals surface area (Å²) in [6.45, 7) is 3.99. The Morgan fingerprint density at radius 1 is 1.33 bits per heavy atom. The van der Waals surface area contributed by atoms with Gasteiger partial charge in [-0.3, -0.25) is 4.79 Å². The number of hydrogen-bond acceptors (Lipinski definition) is 3. The van der Waals surface area contributed by atoms with Crippen LogP contribution in [0.15, 0.2) is 24.3 Å². The number of nitrogens with zero attached hydrogens (tertiary/aromatic N) is 1. The number of carbonyl (C=O) groups is 1. The normalized spacial score (nSPS) is 23.8. The Morgan fingerprint density at radius 2 is 1.94 bits per heavy atom. The van der Waals surface area contributed by atoms with Crippen molar-refractivity contribution in [1.29, 1.82) is 0 Å². The lowest BCUT2D eigenvalue weighted by molar-refractivity contribution is -0.127. The van der Waals surface area contributed by atoms with Gasteiger partial charge in [-0.2, -0.15) is 0 Å². The smallest absolute Gasteiger partial charge is 0.224 e. The molecule has 1 aromatic rings. The van der Waals surface area contributed by atoms with E-state index in [0.717, 1.165) is 11.3 Å². The molecule has 18 heavy (non-hydrogen) atoms. The number of ether oxygens (including phenoxy) is 1. The highest BCUT2D eigenvalue weighted by Crippen LogP contribution is 2.31. The fourth-order valence-corrected chi connectivity index (χ4v) is 2.39. The van der Waals surface area contributed by atoms with Crippen LogP contribution in [0.5, 0.6) is 5.75 Å². The van der Waals surface area contributed by atoms with Crippen LogP contribution >= 0.6 is 0 Å². The highest BCUT2D eigenvalue weighted by molar-refractivity contribution is 5.80. The van der Waals surface area contributed by atoms with Crippen LogP contribution in [0, 0.1) is 0 Å². The van der Waals surface area contributed by atoms with Gasteiger partial charge in [0.25, 0.3) is 0 Å². The molecular formula is C14H20N2O2. The molecule has 0 bridgehead atoms. The van der Waals surface area contributed by atoms with E-state index in [2.05, 4.69) is 0 Å². The van der Waals surface area contributed by atoms with Gasteiger partial charge in [-0.05, 0) is 31.5 Å². The quantitative estimate of drug-likeness (QED) is 0.886. The molecule has 1 aliphatic heterocycles. The van der Waals surface area contributed by atoms with Crippen molar-refractivity contribution in [3.63, 3.8) is 0 Å². The van der Waals surface area contributed by atoms with Gasteiger partial charge in [0.1, 0.15) is 5.75 Å². The van der Waals surface area contributed by atoms with Gasteiger partial charge in [0.05, 0.1) is 12.1 Å². The summed E-state index contributed by atoms with van der Waals surface area (Å²) >= 11 is 0. The van der Waals surface area contributed by atoms with Crippen molar-refractivity contribution < 1.29 is 9.53 Å². The fourth-order valence-electron chi connectivity index (χ4n) is 2.39. The Balaban J connectivity index is 2.17. The number of hydrogen-bond donors (Lipinski definition) is 1. The molecule has 1 amide bonds. The van der Waals surface area contributed by atoms with Gasteiger partial charge in [0.15, 0.2) is 0 Å². The number of amides is 1. The summed E-state index contributed by atoms with van der Waals surface area (Å²) in [5.74, 6) is 0.948. The lowest BCUT2D eigenvalue weighted by atomic mass is 10.0.